The number of hydrogen-bond acceptors (Lipinski definition) is 1. The van der Waals surface area contributed by atoms with Gasteiger partial charge in [0.25, 0.3) is 0 Å². The maximum Gasteiger partial charge on any atom is 0.0874 e. The second-order valence-corrected chi connectivity index (χ2v) is 3.07. The Labute approximate surface area is 67.4 Å². The highest BCUT2D eigenvalue weighted by atomic mass is 16.3. The van der Waals surface area contributed by atoms with Crippen molar-refractivity contribution in [2.45, 2.75) is 19.4 Å². The van der Waals surface area contributed by atoms with Gasteiger partial charge < -0.3 is 5.11 Å². The zero-order valence-electron chi connectivity index (χ0n) is 6.83. The van der Waals surface area contributed by atoms with Crippen LogP contribution in [0.5, 0.6) is 0 Å². The van der Waals surface area contributed by atoms with Gasteiger partial charge in [-0.2, -0.15) is 0 Å². The molecule has 0 amide bonds. The molecule has 0 aromatic rings. The van der Waals surface area contributed by atoms with Gasteiger partial charge in [-0.25, -0.2) is 0 Å². The molecule has 0 aromatic carbocycles. The highest BCUT2D eigenvalue weighted by Crippen LogP contribution is 2.28. The molecule has 1 rings (SSSR count). The van der Waals surface area contributed by atoms with Crippen LogP contribution in [-0.2, 0) is 0 Å². The van der Waals surface area contributed by atoms with Crippen molar-refractivity contribution in [2.24, 2.45) is 5.92 Å². The molecule has 0 saturated carbocycles. The van der Waals surface area contributed by atoms with Crippen molar-refractivity contribution in [1.82, 2.24) is 0 Å². The summed E-state index contributed by atoms with van der Waals surface area (Å²) in [5.41, 5.74) is 0.0775. The summed E-state index contributed by atoms with van der Waals surface area (Å²) in [5, 5.41) is 9.72. The molecule has 1 aliphatic carbocycles. The summed E-state index contributed by atoms with van der Waals surface area (Å²) in [6.07, 6.45) is 10.7. The molecule has 0 spiro atoms. The minimum Gasteiger partial charge on any atom is -0.385 e. The lowest BCUT2D eigenvalue weighted by Crippen LogP contribution is -2.32. The van der Waals surface area contributed by atoms with Crippen LogP contribution in [0.4, 0.5) is 0 Å². The molecule has 1 heteroatoms. The molecule has 1 nitrogen and oxygen atoms in total. The first-order valence-corrected chi connectivity index (χ1v) is 3.66. The molecule has 0 fully saturated rings. The van der Waals surface area contributed by atoms with Crippen LogP contribution in [0.3, 0.4) is 0 Å². The average molecular weight is 148 g/mol. The van der Waals surface area contributed by atoms with Gasteiger partial charge in [0, 0.05) is 11.5 Å². The highest BCUT2D eigenvalue weighted by Gasteiger charge is 2.29. The van der Waals surface area contributed by atoms with E-state index in [0.29, 0.717) is 0 Å². The molecule has 0 radical (unpaired) electrons. The van der Waals surface area contributed by atoms with Crippen LogP contribution < -0.4 is 0 Å². The number of rotatable bonds is 0. The third kappa shape index (κ3) is 1.36. The summed E-state index contributed by atoms with van der Waals surface area (Å²) in [6.45, 7) is 3.69. The Kier molecular flexibility index (Phi) is 1.89. The molecule has 0 aromatic heterocycles. The molecule has 0 bridgehead atoms. The second-order valence-electron chi connectivity index (χ2n) is 3.07. The van der Waals surface area contributed by atoms with E-state index in [2.05, 4.69) is 5.92 Å². The predicted molar refractivity (Wildman–Crippen MR) is 45.8 cm³/mol. The van der Waals surface area contributed by atoms with Gasteiger partial charge in [-0.05, 0) is 6.92 Å². The third-order valence-corrected chi connectivity index (χ3v) is 2.22. The van der Waals surface area contributed by atoms with Crippen LogP contribution >= 0.6 is 0 Å². The van der Waals surface area contributed by atoms with E-state index in [1.54, 1.807) is 19.1 Å². The standard InChI is InChI=1S/C10H12O/c1-4-9-6-5-7-10(3,11)8(9)2/h1,5-8,11H,2-3H3. The normalized spacial score (nSPS) is 36.2. The van der Waals surface area contributed by atoms with Crippen LogP contribution in [0.25, 0.3) is 0 Å². The van der Waals surface area contributed by atoms with E-state index in [0.717, 1.165) is 5.57 Å². The molecule has 0 aliphatic heterocycles. The van der Waals surface area contributed by atoms with Gasteiger partial charge in [0.2, 0.25) is 0 Å². The van der Waals surface area contributed by atoms with Crippen LogP contribution in [0.15, 0.2) is 23.8 Å². The first kappa shape index (κ1) is 8.10. The van der Waals surface area contributed by atoms with Gasteiger partial charge in [0.1, 0.15) is 0 Å². The van der Waals surface area contributed by atoms with E-state index in [4.69, 9.17) is 6.42 Å². The second kappa shape index (κ2) is 2.56. The molecule has 58 valence electrons. The summed E-state index contributed by atoms with van der Waals surface area (Å²) in [7, 11) is 0. The maximum atomic E-state index is 9.72. The lowest BCUT2D eigenvalue weighted by atomic mass is 9.81. The Morgan fingerprint density at radius 2 is 2.36 bits per heavy atom. The Hall–Kier alpha value is -1.00. The van der Waals surface area contributed by atoms with Crippen molar-refractivity contribution < 1.29 is 5.11 Å². The molecule has 2 atom stereocenters. The van der Waals surface area contributed by atoms with Crippen molar-refractivity contribution in [3.63, 3.8) is 0 Å². The number of terminal acetylenes is 1. The summed E-state index contributed by atoms with van der Waals surface area (Å²) in [6, 6.07) is 0. The maximum absolute atomic E-state index is 9.72. The predicted octanol–water partition coefficient (Wildman–Crippen LogP) is 1.50. The fourth-order valence-electron chi connectivity index (χ4n) is 1.12. The molecular formula is C10H12O. The van der Waals surface area contributed by atoms with Gasteiger partial charge in [0.05, 0.1) is 5.60 Å². The van der Waals surface area contributed by atoms with E-state index in [-0.39, 0.29) is 5.92 Å². The van der Waals surface area contributed by atoms with Crippen molar-refractivity contribution in [3.8, 4) is 12.3 Å². The summed E-state index contributed by atoms with van der Waals surface area (Å²) >= 11 is 0. The first-order valence-electron chi connectivity index (χ1n) is 3.66. The lowest BCUT2D eigenvalue weighted by Gasteiger charge is -2.29. The van der Waals surface area contributed by atoms with Crippen LogP contribution in [-0.4, -0.2) is 10.7 Å². The van der Waals surface area contributed by atoms with E-state index >= 15 is 0 Å². The molecular weight excluding hydrogens is 136 g/mol. The van der Waals surface area contributed by atoms with Crippen molar-refractivity contribution >= 4 is 0 Å². The number of hydrogen-bond donors (Lipinski definition) is 1. The van der Waals surface area contributed by atoms with Gasteiger partial charge in [-0.1, -0.05) is 31.1 Å². The van der Waals surface area contributed by atoms with E-state index in [9.17, 15) is 5.11 Å². The van der Waals surface area contributed by atoms with Crippen molar-refractivity contribution in [2.75, 3.05) is 0 Å². The topological polar surface area (TPSA) is 20.2 Å². The number of allylic oxidation sites excluding steroid dienone is 2. The highest BCUT2D eigenvalue weighted by molar-refractivity contribution is 5.38. The Bertz CT molecular complexity index is 251. The minimum atomic E-state index is -0.781. The largest absolute Gasteiger partial charge is 0.385 e. The fourth-order valence-corrected chi connectivity index (χ4v) is 1.12. The number of aliphatic hydroxyl groups is 1. The van der Waals surface area contributed by atoms with Crippen LogP contribution in [0, 0.1) is 18.3 Å². The summed E-state index contributed by atoms with van der Waals surface area (Å²) in [4.78, 5) is 0. The molecule has 2 unspecified atom stereocenters. The summed E-state index contributed by atoms with van der Waals surface area (Å²) < 4.78 is 0. The summed E-state index contributed by atoms with van der Waals surface area (Å²) in [5.74, 6) is 2.58. The molecule has 0 heterocycles. The lowest BCUT2D eigenvalue weighted by molar-refractivity contribution is 0.0700. The molecule has 1 aliphatic rings. The van der Waals surface area contributed by atoms with E-state index in [1.807, 2.05) is 13.0 Å². The minimum absolute atomic E-state index is 0.0255. The average Bonchev–Trinajstić information content (AvgIpc) is 1.95. The van der Waals surface area contributed by atoms with Crippen molar-refractivity contribution in [1.29, 1.82) is 0 Å². The third-order valence-electron chi connectivity index (χ3n) is 2.22. The van der Waals surface area contributed by atoms with Crippen molar-refractivity contribution in [3.05, 3.63) is 23.8 Å². The van der Waals surface area contributed by atoms with Gasteiger partial charge in [-0.15, -0.1) is 6.42 Å². The smallest absolute Gasteiger partial charge is 0.0874 e. The molecule has 0 saturated heterocycles. The zero-order chi connectivity index (χ0) is 8.48. The quantitative estimate of drug-likeness (QED) is 0.516. The van der Waals surface area contributed by atoms with Crippen LogP contribution in [0.2, 0.25) is 0 Å². The fraction of sp³-hybridized carbons (Fsp3) is 0.400. The zero-order valence-corrected chi connectivity index (χ0v) is 6.83. The van der Waals surface area contributed by atoms with E-state index in [1.165, 1.54) is 0 Å². The first-order chi connectivity index (χ1) is 5.08. The Morgan fingerprint density at radius 3 is 2.82 bits per heavy atom. The van der Waals surface area contributed by atoms with Gasteiger partial charge in [0.15, 0.2) is 0 Å². The Morgan fingerprint density at radius 1 is 1.73 bits per heavy atom. The SMILES string of the molecule is C#CC1=CC=CC(C)(O)C1C. The van der Waals surface area contributed by atoms with Gasteiger partial charge in [-0.3, -0.25) is 0 Å². The molecule has 11 heavy (non-hydrogen) atoms. The van der Waals surface area contributed by atoms with Crippen LogP contribution in [0.1, 0.15) is 13.8 Å². The Balaban J connectivity index is 2.98. The monoisotopic (exact) mass is 148 g/mol. The van der Waals surface area contributed by atoms with Gasteiger partial charge >= 0.3 is 0 Å². The molecule has 1 N–H and O–H groups in total. The van der Waals surface area contributed by atoms with E-state index < -0.39 is 5.60 Å².